The smallest absolute Gasteiger partial charge is 0.790 e. The molecule has 0 amide bonds. The number of hydrogen-bond acceptors (Lipinski definition) is 7. The summed E-state index contributed by atoms with van der Waals surface area (Å²) in [7, 11) is -11.4. The Bertz CT molecular complexity index is 157. The zero-order valence-electron chi connectivity index (χ0n) is 4.81. The maximum absolute atomic E-state index is 9.32. The van der Waals surface area contributed by atoms with Crippen LogP contribution in [0.25, 0.3) is 0 Å². The van der Waals surface area contributed by atoms with Gasteiger partial charge in [-0.1, -0.05) is 0 Å². The van der Waals surface area contributed by atoms with Gasteiger partial charge in [0.2, 0.25) is 0 Å². The molecule has 0 spiro atoms. The van der Waals surface area contributed by atoms with E-state index in [0.29, 0.717) is 0 Å². The predicted molar refractivity (Wildman–Crippen MR) is 16.3 cm³/mol. The molecule has 0 aliphatic rings. The van der Waals surface area contributed by atoms with Gasteiger partial charge in [-0.2, -0.15) is 0 Å². The van der Waals surface area contributed by atoms with Crippen LogP contribution >= 0.6 is 15.6 Å². The number of phosphoric acid groups is 2. The molecule has 0 aromatic carbocycles. The monoisotopic (exact) mass is 294 g/mol. The van der Waals surface area contributed by atoms with E-state index in [-0.39, 0.29) is 36.5 Å². The molecule has 0 atom stereocenters. The summed E-state index contributed by atoms with van der Waals surface area (Å²) in [5.41, 5.74) is 0. The summed E-state index contributed by atoms with van der Waals surface area (Å²) < 4.78 is 21.2. The molecular weight excluding hydrogens is 295 g/mol. The summed E-state index contributed by atoms with van der Waals surface area (Å²) >= 11 is 0. The summed E-state index contributed by atoms with van der Waals surface area (Å²) in [6.07, 6.45) is 0. The fourth-order valence-electron chi connectivity index (χ4n) is 0.122. The van der Waals surface area contributed by atoms with Crippen LogP contribution in [0.3, 0.4) is 0 Å². The van der Waals surface area contributed by atoms with Crippen molar-refractivity contribution in [3.8, 4) is 0 Å². The molecule has 62 valence electrons. The second-order valence-electron chi connectivity index (χ2n) is 0.976. The van der Waals surface area contributed by atoms with Gasteiger partial charge in [0.1, 0.15) is 0 Å². The molecule has 0 aliphatic carbocycles. The molecule has 0 saturated heterocycles. The van der Waals surface area contributed by atoms with E-state index < -0.39 is 15.6 Å². The quantitative estimate of drug-likeness (QED) is 0.383. The van der Waals surface area contributed by atoms with E-state index in [0.717, 1.165) is 0 Å². The summed E-state index contributed by atoms with van der Waals surface area (Å²) in [5, 5.41) is 0. The molecule has 0 aliphatic heterocycles. The zero-order valence-corrected chi connectivity index (χ0v) is 10.7. The van der Waals surface area contributed by atoms with Gasteiger partial charge >= 0.3 is 36.5 Å². The van der Waals surface area contributed by atoms with Crippen LogP contribution in [-0.4, -0.2) is 0 Å². The maximum Gasteiger partial charge on any atom is 3.00 e. The van der Waals surface area contributed by atoms with E-state index >= 15 is 0 Å². The Morgan fingerprint density at radius 1 is 0.909 bits per heavy atom. The Labute approximate surface area is 85.2 Å². The van der Waals surface area contributed by atoms with Crippen LogP contribution in [0.1, 0.15) is 0 Å². The van der Waals surface area contributed by atoms with E-state index in [4.69, 9.17) is 0 Å². The standard InChI is InChI=1S/Fe.H4O7P2.Zn/c;1-8(2,3)7-9(4,5)6;/h;(H2,1,2,3)(H2,4,5,6);/q+3;;+1/p-4. The molecule has 0 saturated carbocycles. The first-order valence-electron chi connectivity index (χ1n) is 1.46. The largest absolute Gasteiger partial charge is 3.00 e. The minimum atomic E-state index is -5.68. The van der Waals surface area contributed by atoms with Crippen LogP contribution in [0.5, 0.6) is 0 Å². The second-order valence-corrected chi connectivity index (χ2v) is 3.42. The first-order chi connectivity index (χ1) is 3.71. The Morgan fingerprint density at radius 2 is 1.09 bits per heavy atom. The van der Waals surface area contributed by atoms with Crippen LogP contribution < -0.4 is 19.6 Å². The molecule has 0 rings (SSSR count). The van der Waals surface area contributed by atoms with Crippen LogP contribution in [-0.2, 0) is 50.0 Å². The molecular formula is FeO7P2Zn. The van der Waals surface area contributed by atoms with Gasteiger partial charge in [0.05, 0.1) is 15.6 Å². The Morgan fingerprint density at radius 3 is 1.09 bits per heavy atom. The molecule has 11 heavy (non-hydrogen) atoms. The van der Waals surface area contributed by atoms with E-state index in [1.54, 1.807) is 0 Å². The first-order valence-corrected chi connectivity index (χ1v) is 4.38. The van der Waals surface area contributed by atoms with E-state index in [2.05, 4.69) is 4.31 Å². The molecule has 0 aromatic heterocycles. The van der Waals surface area contributed by atoms with Crippen molar-refractivity contribution >= 4 is 15.6 Å². The van der Waals surface area contributed by atoms with Crippen LogP contribution in [0, 0.1) is 0 Å². The molecule has 0 bridgehead atoms. The SMILES string of the molecule is O=P([O-])([O-])OP(=O)([O-])[O-].[Fe+3].[Zn+]. The maximum atomic E-state index is 9.32. The third kappa shape index (κ3) is 18.4. The second kappa shape index (κ2) is 5.95. The molecule has 2 radical (unpaired) electrons. The van der Waals surface area contributed by atoms with Crippen LogP contribution in [0.2, 0.25) is 0 Å². The minimum Gasteiger partial charge on any atom is -0.790 e. The molecule has 7 nitrogen and oxygen atoms in total. The fourth-order valence-corrected chi connectivity index (χ4v) is 1.10. The molecule has 0 N–H and O–H groups in total. The number of rotatable bonds is 2. The molecule has 0 aromatic rings. The van der Waals surface area contributed by atoms with Crippen molar-refractivity contribution in [2.45, 2.75) is 0 Å². The average molecular weight is 295 g/mol. The Kier molecular flexibility index (Phi) is 9.86. The zero-order chi connectivity index (χ0) is 7.71. The summed E-state index contributed by atoms with van der Waals surface area (Å²) in [6, 6.07) is 0. The van der Waals surface area contributed by atoms with Gasteiger partial charge in [0.15, 0.2) is 0 Å². The van der Waals surface area contributed by atoms with Gasteiger partial charge in [-0.05, 0) is 0 Å². The van der Waals surface area contributed by atoms with Crippen molar-refractivity contribution in [1.29, 1.82) is 0 Å². The first kappa shape index (κ1) is 18.2. The third-order valence-electron chi connectivity index (χ3n) is 0.200. The normalized spacial score (nSPS) is 11.3. The minimum absolute atomic E-state index is 0. The van der Waals surface area contributed by atoms with Crippen LogP contribution in [0.15, 0.2) is 0 Å². The molecule has 0 heterocycles. The van der Waals surface area contributed by atoms with Crippen molar-refractivity contribution in [3.05, 3.63) is 0 Å². The Balaban J connectivity index is -0.000000320. The fraction of sp³-hybridized carbons (Fsp3) is 0. The third-order valence-corrected chi connectivity index (χ3v) is 1.80. The van der Waals surface area contributed by atoms with E-state index in [1.807, 2.05) is 0 Å². The van der Waals surface area contributed by atoms with Gasteiger partial charge in [0, 0.05) is 0 Å². The molecule has 0 fully saturated rings. The Hall–Kier alpha value is 1.40. The van der Waals surface area contributed by atoms with Crippen molar-refractivity contribution < 1.29 is 69.6 Å². The van der Waals surface area contributed by atoms with Crippen LogP contribution in [0.4, 0.5) is 0 Å². The van der Waals surface area contributed by atoms with Gasteiger partial charge in [0.25, 0.3) is 0 Å². The van der Waals surface area contributed by atoms with Crippen molar-refractivity contribution in [2.24, 2.45) is 0 Å². The van der Waals surface area contributed by atoms with Crippen molar-refractivity contribution in [1.82, 2.24) is 0 Å². The average Bonchev–Trinajstić information content (AvgIpc) is 1.14. The molecule has 0 unspecified atom stereocenters. The topological polar surface area (TPSA) is 136 Å². The van der Waals surface area contributed by atoms with Gasteiger partial charge in [-0.25, -0.2) is 0 Å². The van der Waals surface area contributed by atoms with Crippen molar-refractivity contribution in [2.75, 3.05) is 0 Å². The van der Waals surface area contributed by atoms with Gasteiger partial charge in [-0.3, -0.25) is 0 Å². The van der Waals surface area contributed by atoms with Gasteiger partial charge < -0.3 is 33.0 Å². The number of hydrogen-bond donors (Lipinski definition) is 0. The van der Waals surface area contributed by atoms with E-state index in [9.17, 15) is 28.7 Å². The van der Waals surface area contributed by atoms with E-state index in [1.165, 1.54) is 0 Å². The summed E-state index contributed by atoms with van der Waals surface area (Å²) in [6.45, 7) is 0. The summed E-state index contributed by atoms with van der Waals surface area (Å²) in [4.78, 5) is 37.3. The molecule has 11 heteroatoms. The van der Waals surface area contributed by atoms with Gasteiger partial charge in [-0.15, -0.1) is 0 Å². The summed E-state index contributed by atoms with van der Waals surface area (Å²) in [5.74, 6) is 0. The van der Waals surface area contributed by atoms with Crippen molar-refractivity contribution in [3.63, 3.8) is 0 Å². The predicted octanol–water partition coefficient (Wildman–Crippen LogP) is -3.34.